The SMILES string of the molecule is C=CCOC(=O)[C@@H](CC(=O)[C@@H]([NH3+])CCC(=O)OC(C)(C)C)C(C)C. The number of rotatable bonds is 10. The number of ether oxygens (including phenoxy) is 2. The molecule has 0 amide bonds. The number of quaternary nitrogens is 1. The van der Waals surface area contributed by atoms with E-state index >= 15 is 0 Å². The minimum absolute atomic E-state index is 0.0238. The molecule has 24 heavy (non-hydrogen) atoms. The van der Waals surface area contributed by atoms with E-state index in [2.05, 4.69) is 12.3 Å². The van der Waals surface area contributed by atoms with Gasteiger partial charge in [-0.1, -0.05) is 26.5 Å². The van der Waals surface area contributed by atoms with E-state index in [4.69, 9.17) is 9.47 Å². The maximum absolute atomic E-state index is 12.3. The molecule has 0 bridgehead atoms. The van der Waals surface area contributed by atoms with Crippen LogP contribution in [0.25, 0.3) is 0 Å². The van der Waals surface area contributed by atoms with Gasteiger partial charge in [-0.15, -0.1) is 0 Å². The quantitative estimate of drug-likeness (QED) is 0.481. The summed E-state index contributed by atoms with van der Waals surface area (Å²) in [6.07, 6.45) is 1.99. The van der Waals surface area contributed by atoms with Gasteiger partial charge in [-0.3, -0.25) is 14.4 Å². The van der Waals surface area contributed by atoms with Gasteiger partial charge in [0.05, 0.1) is 12.3 Å². The second-order valence-corrected chi connectivity index (χ2v) is 7.26. The summed E-state index contributed by atoms with van der Waals surface area (Å²) in [5, 5.41) is 0. The Hall–Kier alpha value is -1.69. The predicted molar refractivity (Wildman–Crippen MR) is 90.9 cm³/mol. The van der Waals surface area contributed by atoms with Gasteiger partial charge in [-0.25, -0.2) is 0 Å². The molecule has 0 saturated heterocycles. The summed E-state index contributed by atoms with van der Waals surface area (Å²) in [6, 6.07) is -0.550. The molecule has 0 radical (unpaired) electrons. The molecule has 0 aliphatic rings. The Morgan fingerprint density at radius 2 is 1.79 bits per heavy atom. The second kappa shape index (κ2) is 10.2. The summed E-state index contributed by atoms with van der Waals surface area (Å²) < 4.78 is 10.3. The summed E-state index contributed by atoms with van der Waals surface area (Å²) in [5.74, 6) is -1.44. The maximum atomic E-state index is 12.3. The molecule has 0 aromatic rings. The molecule has 0 aromatic heterocycles. The molecular weight excluding hydrogens is 310 g/mol. The minimum Gasteiger partial charge on any atom is -0.461 e. The lowest BCUT2D eigenvalue weighted by molar-refractivity contribution is -0.404. The van der Waals surface area contributed by atoms with Crippen LogP contribution in [0.1, 0.15) is 53.9 Å². The normalized spacial score (nSPS) is 14.0. The molecule has 6 nitrogen and oxygen atoms in total. The lowest BCUT2D eigenvalue weighted by atomic mass is 9.88. The summed E-state index contributed by atoms with van der Waals surface area (Å²) in [4.78, 5) is 36.0. The molecule has 0 saturated carbocycles. The zero-order valence-corrected chi connectivity index (χ0v) is 15.6. The lowest BCUT2D eigenvalue weighted by Gasteiger charge is -2.20. The van der Waals surface area contributed by atoms with Crippen molar-refractivity contribution in [3.8, 4) is 0 Å². The molecule has 0 fully saturated rings. The van der Waals surface area contributed by atoms with Gasteiger partial charge in [0.1, 0.15) is 18.2 Å². The van der Waals surface area contributed by atoms with Crippen LogP contribution < -0.4 is 5.73 Å². The summed E-state index contributed by atoms with van der Waals surface area (Å²) in [7, 11) is 0. The first-order valence-electron chi connectivity index (χ1n) is 8.33. The molecular formula is C18H32NO5+. The molecule has 0 spiro atoms. The fourth-order valence-corrected chi connectivity index (χ4v) is 2.07. The summed E-state index contributed by atoms with van der Waals surface area (Å²) in [6.45, 7) is 12.7. The van der Waals surface area contributed by atoms with Crippen molar-refractivity contribution in [3.63, 3.8) is 0 Å². The van der Waals surface area contributed by atoms with Gasteiger partial charge in [0.15, 0.2) is 5.78 Å². The Bertz CT molecular complexity index is 451. The molecule has 6 heteroatoms. The van der Waals surface area contributed by atoms with E-state index in [-0.39, 0.29) is 37.1 Å². The number of hydrogen-bond donors (Lipinski definition) is 1. The van der Waals surface area contributed by atoms with E-state index in [0.29, 0.717) is 6.42 Å². The standard InChI is InChI=1S/C18H31NO5/c1-7-10-23-17(22)13(12(2)3)11-15(20)14(19)8-9-16(21)24-18(4,5)6/h7,12-14H,1,8-11,19H2,2-6H3/p+1/t13-,14-/m0/s1. The zero-order valence-electron chi connectivity index (χ0n) is 15.6. The number of ketones is 1. The minimum atomic E-state index is -0.550. The van der Waals surface area contributed by atoms with Crippen molar-refractivity contribution in [1.29, 1.82) is 0 Å². The van der Waals surface area contributed by atoms with Crippen molar-refractivity contribution in [2.24, 2.45) is 11.8 Å². The first-order chi connectivity index (χ1) is 11.0. The van der Waals surface area contributed by atoms with Gasteiger partial charge < -0.3 is 15.2 Å². The van der Waals surface area contributed by atoms with E-state index in [9.17, 15) is 14.4 Å². The molecule has 0 aliphatic heterocycles. The van der Waals surface area contributed by atoms with Crippen molar-refractivity contribution in [1.82, 2.24) is 0 Å². The largest absolute Gasteiger partial charge is 0.461 e. The summed E-state index contributed by atoms with van der Waals surface area (Å²) >= 11 is 0. The molecule has 0 rings (SSSR count). The van der Waals surface area contributed by atoms with Gasteiger partial charge in [-0.05, 0) is 26.7 Å². The van der Waals surface area contributed by atoms with E-state index in [1.54, 1.807) is 20.8 Å². The highest BCUT2D eigenvalue weighted by Crippen LogP contribution is 2.19. The third-order valence-corrected chi connectivity index (χ3v) is 3.44. The number of Topliss-reactive ketones (excluding diaryl/α,β-unsaturated/α-hetero) is 1. The smallest absolute Gasteiger partial charge is 0.309 e. The van der Waals surface area contributed by atoms with Crippen LogP contribution in [0.4, 0.5) is 0 Å². The van der Waals surface area contributed by atoms with E-state index < -0.39 is 23.5 Å². The number of carbonyl (C=O) groups is 3. The topological polar surface area (TPSA) is 97.3 Å². The van der Waals surface area contributed by atoms with Crippen LogP contribution in [0.2, 0.25) is 0 Å². The Kier molecular flexibility index (Phi) is 9.51. The van der Waals surface area contributed by atoms with Gasteiger partial charge in [-0.2, -0.15) is 0 Å². The molecule has 3 N–H and O–H groups in total. The molecule has 0 aromatic carbocycles. The van der Waals surface area contributed by atoms with Gasteiger partial charge in [0.2, 0.25) is 0 Å². The van der Waals surface area contributed by atoms with Crippen molar-refractivity contribution in [3.05, 3.63) is 12.7 Å². The van der Waals surface area contributed by atoms with Gasteiger partial charge >= 0.3 is 11.9 Å². The highest BCUT2D eigenvalue weighted by atomic mass is 16.6. The van der Waals surface area contributed by atoms with Crippen LogP contribution in [0.3, 0.4) is 0 Å². The molecule has 0 unspecified atom stereocenters. The highest BCUT2D eigenvalue weighted by molar-refractivity contribution is 5.87. The van der Waals surface area contributed by atoms with Crippen LogP contribution in [0.15, 0.2) is 12.7 Å². The third kappa shape index (κ3) is 9.45. The van der Waals surface area contributed by atoms with Gasteiger partial charge in [0, 0.05) is 12.8 Å². The number of esters is 2. The van der Waals surface area contributed by atoms with E-state index in [1.165, 1.54) is 6.08 Å². The average molecular weight is 342 g/mol. The molecule has 0 aliphatic carbocycles. The second-order valence-electron chi connectivity index (χ2n) is 7.26. The predicted octanol–water partition coefficient (Wildman–Crippen LogP) is 1.68. The first-order valence-corrected chi connectivity index (χ1v) is 8.33. The number of carbonyl (C=O) groups excluding carboxylic acids is 3. The first kappa shape index (κ1) is 22.3. The van der Waals surface area contributed by atoms with Crippen LogP contribution in [-0.2, 0) is 23.9 Å². The zero-order chi connectivity index (χ0) is 18.9. The number of hydrogen-bond acceptors (Lipinski definition) is 5. The van der Waals surface area contributed by atoms with E-state index in [0.717, 1.165) is 0 Å². The highest BCUT2D eigenvalue weighted by Gasteiger charge is 2.30. The third-order valence-electron chi connectivity index (χ3n) is 3.44. The van der Waals surface area contributed by atoms with Crippen molar-refractivity contribution >= 4 is 17.7 Å². The Balaban J connectivity index is 4.51. The van der Waals surface area contributed by atoms with Crippen LogP contribution >= 0.6 is 0 Å². The van der Waals surface area contributed by atoms with Crippen molar-refractivity contribution in [2.75, 3.05) is 6.61 Å². The molecule has 138 valence electrons. The summed E-state index contributed by atoms with van der Waals surface area (Å²) in [5.41, 5.74) is 3.27. The van der Waals surface area contributed by atoms with Crippen molar-refractivity contribution < 1.29 is 29.6 Å². The fourth-order valence-electron chi connectivity index (χ4n) is 2.07. The molecule has 0 heterocycles. The van der Waals surface area contributed by atoms with Crippen molar-refractivity contribution in [2.45, 2.75) is 65.5 Å². The monoisotopic (exact) mass is 342 g/mol. The van der Waals surface area contributed by atoms with Crippen LogP contribution in [0, 0.1) is 11.8 Å². The Morgan fingerprint density at radius 1 is 1.21 bits per heavy atom. The van der Waals surface area contributed by atoms with E-state index in [1.807, 2.05) is 13.8 Å². The van der Waals surface area contributed by atoms with Crippen LogP contribution in [0.5, 0.6) is 0 Å². The fraction of sp³-hybridized carbons (Fsp3) is 0.722. The molecule has 2 atom stereocenters. The Morgan fingerprint density at radius 3 is 2.25 bits per heavy atom. The lowest BCUT2D eigenvalue weighted by Crippen LogP contribution is -2.65. The average Bonchev–Trinajstić information content (AvgIpc) is 2.45. The van der Waals surface area contributed by atoms with Gasteiger partial charge in [0.25, 0.3) is 0 Å². The maximum Gasteiger partial charge on any atom is 0.309 e. The van der Waals surface area contributed by atoms with Crippen LogP contribution in [-0.4, -0.2) is 36.0 Å². The Labute approximate surface area is 144 Å².